The van der Waals surface area contributed by atoms with E-state index in [9.17, 15) is 0 Å². The third kappa shape index (κ3) is 3.36. The molecule has 0 spiro atoms. The van der Waals surface area contributed by atoms with Crippen LogP contribution in [0.3, 0.4) is 0 Å². The third-order valence-electron chi connectivity index (χ3n) is 3.79. The summed E-state index contributed by atoms with van der Waals surface area (Å²) >= 11 is 0. The van der Waals surface area contributed by atoms with Gasteiger partial charge in [-0.15, -0.1) is 0 Å². The zero-order valence-corrected chi connectivity index (χ0v) is 12.7. The van der Waals surface area contributed by atoms with E-state index < -0.39 is 0 Å². The number of nitrogens with zero attached hydrogens (tertiary/aromatic N) is 3. The van der Waals surface area contributed by atoms with Crippen LogP contribution in [0.25, 0.3) is 5.69 Å². The van der Waals surface area contributed by atoms with Crippen molar-refractivity contribution in [1.82, 2.24) is 20.2 Å². The summed E-state index contributed by atoms with van der Waals surface area (Å²) < 4.78 is 2.02. The molecule has 2 N–H and O–H groups in total. The van der Waals surface area contributed by atoms with Crippen LogP contribution in [0.4, 0.5) is 0 Å². The molecule has 1 aromatic heterocycles. The number of imidazole rings is 1. The molecule has 0 radical (unpaired) electrons. The van der Waals surface area contributed by atoms with Crippen LogP contribution < -0.4 is 10.6 Å². The lowest BCUT2D eigenvalue weighted by molar-refractivity contribution is 0.633. The SMILES string of the molecule is CN=C(NCc1ccccc1-n1ccnc1)NC1CC=CC1. The highest BCUT2D eigenvalue weighted by Crippen LogP contribution is 2.14. The molecule has 0 fully saturated rings. The number of para-hydroxylation sites is 1. The molecule has 1 heterocycles. The van der Waals surface area contributed by atoms with Gasteiger partial charge in [0.25, 0.3) is 0 Å². The standard InChI is InChI=1S/C17H21N5/c1-18-17(21-15-7-3-4-8-15)20-12-14-6-2-5-9-16(14)22-11-10-19-13-22/h2-6,9-11,13,15H,7-8,12H2,1H3,(H2,18,20,21). The Labute approximate surface area is 130 Å². The van der Waals surface area contributed by atoms with Crippen LogP contribution in [-0.4, -0.2) is 28.6 Å². The summed E-state index contributed by atoms with van der Waals surface area (Å²) in [6.45, 7) is 0.716. The van der Waals surface area contributed by atoms with Crippen molar-refractivity contribution in [3.05, 3.63) is 60.7 Å². The van der Waals surface area contributed by atoms with E-state index >= 15 is 0 Å². The molecule has 0 saturated heterocycles. The fourth-order valence-electron chi connectivity index (χ4n) is 2.62. The number of rotatable bonds is 4. The molecule has 2 aromatic rings. The van der Waals surface area contributed by atoms with Crippen molar-refractivity contribution in [2.24, 2.45) is 4.99 Å². The first-order valence-electron chi connectivity index (χ1n) is 7.55. The summed E-state index contributed by atoms with van der Waals surface area (Å²) in [6, 6.07) is 8.75. The first kappa shape index (κ1) is 14.4. The van der Waals surface area contributed by atoms with Gasteiger partial charge >= 0.3 is 0 Å². The fourth-order valence-corrected chi connectivity index (χ4v) is 2.62. The van der Waals surface area contributed by atoms with Crippen LogP contribution in [-0.2, 0) is 6.54 Å². The van der Waals surface area contributed by atoms with Crippen LogP contribution in [0.5, 0.6) is 0 Å². The predicted molar refractivity (Wildman–Crippen MR) is 89.1 cm³/mol. The smallest absolute Gasteiger partial charge is 0.191 e. The minimum absolute atomic E-state index is 0.454. The van der Waals surface area contributed by atoms with E-state index in [1.54, 1.807) is 13.2 Å². The Morgan fingerprint density at radius 3 is 2.86 bits per heavy atom. The van der Waals surface area contributed by atoms with Crippen molar-refractivity contribution in [1.29, 1.82) is 0 Å². The monoisotopic (exact) mass is 295 g/mol. The molecule has 0 aliphatic heterocycles. The lowest BCUT2D eigenvalue weighted by Crippen LogP contribution is -2.42. The van der Waals surface area contributed by atoms with Gasteiger partial charge in [-0.1, -0.05) is 30.4 Å². The van der Waals surface area contributed by atoms with Gasteiger partial charge in [-0.05, 0) is 24.5 Å². The molecule has 114 valence electrons. The van der Waals surface area contributed by atoms with E-state index in [-0.39, 0.29) is 0 Å². The first-order valence-corrected chi connectivity index (χ1v) is 7.55. The Morgan fingerprint density at radius 1 is 1.32 bits per heavy atom. The van der Waals surface area contributed by atoms with Crippen molar-refractivity contribution >= 4 is 5.96 Å². The molecule has 0 amide bonds. The molecule has 5 nitrogen and oxygen atoms in total. The van der Waals surface area contributed by atoms with Crippen LogP contribution in [0, 0.1) is 0 Å². The molecule has 1 aliphatic rings. The second kappa shape index (κ2) is 6.93. The molecule has 0 saturated carbocycles. The van der Waals surface area contributed by atoms with E-state index in [4.69, 9.17) is 0 Å². The molecule has 3 rings (SSSR count). The Morgan fingerprint density at radius 2 is 2.14 bits per heavy atom. The Kier molecular flexibility index (Phi) is 4.53. The highest BCUT2D eigenvalue weighted by atomic mass is 15.2. The van der Waals surface area contributed by atoms with Gasteiger partial charge in [0.1, 0.15) is 0 Å². The highest BCUT2D eigenvalue weighted by Gasteiger charge is 2.12. The first-order chi connectivity index (χ1) is 10.9. The predicted octanol–water partition coefficient (Wildman–Crippen LogP) is 2.26. The Balaban J connectivity index is 1.66. The number of guanidine groups is 1. The maximum Gasteiger partial charge on any atom is 0.191 e. The van der Waals surface area contributed by atoms with Crippen molar-refractivity contribution in [2.75, 3.05) is 7.05 Å². The van der Waals surface area contributed by atoms with Gasteiger partial charge in [0, 0.05) is 32.0 Å². The summed E-state index contributed by atoms with van der Waals surface area (Å²) in [4.78, 5) is 8.43. The van der Waals surface area contributed by atoms with Crippen molar-refractivity contribution in [3.8, 4) is 5.69 Å². The normalized spacial score (nSPS) is 15.2. The van der Waals surface area contributed by atoms with Crippen LogP contribution >= 0.6 is 0 Å². The van der Waals surface area contributed by atoms with E-state index in [2.05, 4.69) is 51.0 Å². The van der Waals surface area contributed by atoms with Crippen molar-refractivity contribution in [2.45, 2.75) is 25.4 Å². The van der Waals surface area contributed by atoms with Gasteiger partial charge in [0.05, 0.1) is 12.0 Å². The van der Waals surface area contributed by atoms with E-state index in [0.717, 1.165) is 24.5 Å². The molecule has 0 bridgehead atoms. The van der Waals surface area contributed by atoms with E-state index in [1.807, 2.05) is 23.2 Å². The minimum Gasteiger partial charge on any atom is -0.353 e. The minimum atomic E-state index is 0.454. The van der Waals surface area contributed by atoms with Crippen LogP contribution in [0.15, 0.2) is 60.1 Å². The van der Waals surface area contributed by atoms with Crippen LogP contribution in [0.2, 0.25) is 0 Å². The Bertz CT molecular complexity index is 649. The molecule has 1 aliphatic carbocycles. The quantitative estimate of drug-likeness (QED) is 0.517. The molecule has 22 heavy (non-hydrogen) atoms. The zero-order chi connectivity index (χ0) is 15.2. The molecule has 0 unspecified atom stereocenters. The maximum atomic E-state index is 4.31. The molecule has 0 atom stereocenters. The topological polar surface area (TPSA) is 54.2 Å². The lowest BCUT2D eigenvalue weighted by Gasteiger charge is -2.18. The van der Waals surface area contributed by atoms with Crippen molar-refractivity contribution < 1.29 is 0 Å². The van der Waals surface area contributed by atoms with E-state index in [0.29, 0.717) is 12.6 Å². The number of nitrogens with one attached hydrogen (secondary N) is 2. The number of hydrogen-bond acceptors (Lipinski definition) is 2. The molecular formula is C17H21N5. The summed E-state index contributed by atoms with van der Waals surface area (Å²) in [5.74, 6) is 0.842. The fraction of sp³-hybridized carbons (Fsp3) is 0.294. The summed E-state index contributed by atoms with van der Waals surface area (Å²) in [6.07, 6.45) is 12.1. The van der Waals surface area contributed by atoms with Gasteiger partial charge < -0.3 is 15.2 Å². The Hall–Kier alpha value is -2.56. The second-order valence-electron chi connectivity index (χ2n) is 5.31. The summed E-state index contributed by atoms with van der Waals surface area (Å²) in [5, 5.41) is 6.84. The van der Waals surface area contributed by atoms with Gasteiger partial charge in [-0.2, -0.15) is 0 Å². The lowest BCUT2D eigenvalue weighted by atomic mass is 10.1. The second-order valence-corrected chi connectivity index (χ2v) is 5.31. The summed E-state index contributed by atoms with van der Waals surface area (Å²) in [5.41, 5.74) is 2.33. The number of aromatic nitrogens is 2. The highest BCUT2D eigenvalue weighted by molar-refractivity contribution is 5.80. The largest absolute Gasteiger partial charge is 0.353 e. The zero-order valence-electron chi connectivity index (χ0n) is 12.7. The van der Waals surface area contributed by atoms with Crippen LogP contribution in [0.1, 0.15) is 18.4 Å². The number of hydrogen-bond donors (Lipinski definition) is 2. The average molecular weight is 295 g/mol. The van der Waals surface area contributed by atoms with E-state index in [1.165, 1.54) is 5.56 Å². The number of benzene rings is 1. The summed E-state index contributed by atoms with van der Waals surface area (Å²) in [7, 11) is 1.81. The van der Waals surface area contributed by atoms with Crippen molar-refractivity contribution in [3.63, 3.8) is 0 Å². The molecule has 5 heteroatoms. The number of aliphatic imine (C=N–C) groups is 1. The van der Waals surface area contributed by atoms with Gasteiger partial charge in [0.2, 0.25) is 0 Å². The van der Waals surface area contributed by atoms with Gasteiger partial charge in [-0.25, -0.2) is 4.98 Å². The third-order valence-corrected chi connectivity index (χ3v) is 3.79. The van der Waals surface area contributed by atoms with Gasteiger partial charge in [-0.3, -0.25) is 4.99 Å². The van der Waals surface area contributed by atoms with Gasteiger partial charge in [0.15, 0.2) is 5.96 Å². The molecule has 1 aromatic carbocycles. The molecular weight excluding hydrogens is 274 g/mol. The maximum absolute atomic E-state index is 4.31. The average Bonchev–Trinajstić information content (AvgIpc) is 3.25.